The van der Waals surface area contributed by atoms with Gasteiger partial charge in [0, 0.05) is 31.2 Å². The Kier molecular flexibility index (Phi) is 5.64. The van der Waals surface area contributed by atoms with Crippen LogP contribution in [0.15, 0.2) is 18.2 Å². The molecule has 1 saturated heterocycles. The van der Waals surface area contributed by atoms with Gasteiger partial charge in [0.25, 0.3) is 0 Å². The standard InChI is InChI=1S/C17H26ClFN2/c1-4-6-14-11-21(17(3,5-2)12-20-14)10-13-7-8-15(18)16(19)9-13/h7-9,14,20H,4-6,10-12H2,1-3H3. The minimum atomic E-state index is -0.326. The number of nitrogens with zero attached hydrogens (tertiary/aromatic N) is 1. The molecule has 0 aromatic heterocycles. The molecule has 2 unspecified atom stereocenters. The molecule has 21 heavy (non-hydrogen) atoms. The van der Waals surface area contributed by atoms with Crippen LogP contribution in [0.1, 0.15) is 45.6 Å². The lowest BCUT2D eigenvalue weighted by atomic mass is 9.90. The van der Waals surface area contributed by atoms with Gasteiger partial charge in [0.15, 0.2) is 0 Å². The molecule has 1 aliphatic heterocycles. The summed E-state index contributed by atoms with van der Waals surface area (Å²) in [5.74, 6) is -0.326. The Balaban J connectivity index is 2.13. The van der Waals surface area contributed by atoms with Gasteiger partial charge >= 0.3 is 0 Å². The van der Waals surface area contributed by atoms with E-state index in [-0.39, 0.29) is 16.4 Å². The molecule has 2 atom stereocenters. The van der Waals surface area contributed by atoms with E-state index in [0.29, 0.717) is 6.04 Å². The maximum atomic E-state index is 13.6. The molecule has 1 aromatic carbocycles. The van der Waals surface area contributed by atoms with E-state index in [1.165, 1.54) is 12.8 Å². The lowest BCUT2D eigenvalue weighted by molar-refractivity contribution is 0.0396. The number of piperazine rings is 1. The Bertz CT molecular complexity index is 480. The molecule has 0 saturated carbocycles. The molecule has 0 radical (unpaired) electrons. The first-order chi connectivity index (χ1) is 9.98. The zero-order valence-electron chi connectivity index (χ0n) is 13.3. The molecule has 0 bridgehead atoms. The van der Waals surface area contributed by atoms with Gasteiger partial charge < -0.3 is 5.32 Å². The van der Waals surface area contributed by atoms with Crippen molar-refractivity contribution < 1.29 is 4.39 Å². The number of halogens is 2. The Labute approximate surface area is 132 Å². The molecule has 1 heterocycles. The summed E-state index contributed by atoms with van der Waals surface area (Å²) in [5.41, 5.74) is 1.12. The predicted molar refractivity (Wildman–Crippen MR) is 87.2 cm³/mol. The fourth-order valence-electron chi connectivity index (χ4n) is 3.03. The van der Waals surface area contributed by atoms with Crippen molar-refractivity contribution in [3.63, 3.8) is 0 Å². The Morgan fingerprint density at radius 3 is 2.81 bits per heavy atom. The highest BCUT2D eigenvalue weighted by Gasteiger charge is 2.35. The van der Waals surface area contributed by atoms with Crippen molar-refractivity contribution in [2.45, 2.75) is 58.2 Å². The maximum Gasteiger partial charge on any atom is 0.142 e. The SMILES string of the molecule is CCCC1CN(Cc2ccc(Cl)c(F)c2)C(C)(CC)CN1. The Morgan fingerprint density at radius 1 is 1.43 bits per heavy atom. The highest BCUT2D eigenvalue weighted by atomic mass is 35.5. The topological polar surface area (TPSA) is 15.3 Å². The molecule has 118 valence electrons. The molecule has 1 fully saturated rings. The third-order valence-electron chi connectivity index (χ3n) is 4.73. The molecule has 1 N–H and O–H groups in total. The number of rotatable bonds is 5. The summed E-state index contributed by atoms with van der Waals surface area (Å²) in [6, 6.07) is 5.68. The first-order valence-corrected chi connectivity index (χ1v) is 8.28. The zero-order chi connectivity index (χ0) is 15.5. The van der Waals surface area contributed by atoms with Gasteiger partial charge in [-0.1, -0.05) is 37.9 Å². The Morgan fingerprint density at radius 2 is 2.19 bits per heavy atom. The van der Waals surface area contributed by atoms with Gasteiger partial charge in [0.2, 0.25) is 0 Å². The zero-order valence-corrected chi connectivity index (χ0v) is 14.0. The van der Waals surface area contributed by atoms with Gasteiger partial charge in [0.05, 0.1) is 5.02 Å². The van der Waals surface area contributed by atoms with E-state index in [1.54, 1.807) is 12.1 Å². The van der Waals surface area contributed by atoms with Crippen molar-refractivity contribution in [1.82, 2.24) is 10.2 Å². The van der Waals surface area contributed by atoms with Crippen LogP contribution in [0.5, 0.6) is 0 Å². The fraction of sp³-hybridized carbons (Fsp3) is 0.647. The maximum absolute atomic E-state index is 13.6. The van der Waals surface area contributed by atoms with Gasteiger partial charge in [-0.15, -0.1) is 0 Å². The second-order valence-electron chi connectivity index (χ2n) is 6.35. The van der Waals surface area contributed by atoms with E-state index in [2.05, 4.69) is 31.0 Å². The molecular weight excluding hydrogens is 287 g/mol. The number of benzene rings is 1. The van der Waals surface area contributed by atoms with E-state index in [1.807, 2.05) is 6.07 Å². The van der Waals surface area contributed by atoms with Crippen LogP contribution in [-0.2, 0) is 6.54 Å². The van der Waals surface area contributed by atoms with Crippen LogP contribution in [0, 0.1) is 5.82 Å². The molecule has 0 spiro atoms. The summed E-state index contributed by atoms with van der Waals surface area (Å²) in [7, 11) is 0. The van der Waals surface area contributed by atoms with E-state index in [9.17, 15) is 4.39 Å². The minimum absolute atomic E-state index is 0.125. The smallest absolute Gasteiger partial charge is 0.142 e. The van der Waals surface area contributed by atoms with E-state index in [0.717, 1.165) is 31.6 Å². The van der Waals surface area contributed by atoms with Crippen LogP contribution in [0.25, 0.3) is 0 Å². The van der Waals surface area contributed by atoms with Gasteiger partial charge in [-0.3, -0.25) is 4.90 Å². The lowest BCUT2D eigenvalue weighted by Crippen LogP contribution is -2.62. The summed E-state index contributed by atoms with van der Waals surface area (Å²) in [4.78, 5) is 2.49. The quantitative estimate of drug-likeness (QED) is 0.875. The average molecular weight is 313 g/mol. The number of nitrogens with one attached hydrogen (secondary N) is 1. The first kappa shape index (κ1) is 16.7. The van der Waals surface area contributed by atoms with Crippen LogP contribution < -0.4 is 5.32 Å². The van der Waals surface area contributed by atoms with Crippen molar-refractivity contribution in [3.8, 4) is 0 Å². The number of hydrogen-bond acceptors (Lipinski definition) is 2. The highest BCUT2D eigenvalue weighted by molar-refractivity contribution is 6.30. The average Bonchev–Trinajstić information content (AvgIpc) is 2.47. The molecule has 4 heteroatoms. The van der Waals surface area contributed by atoms with Crippen LogP contribution in [-0.4, -0.2) is 29.6 Å². The molecule has 1 aromatic rings. The summed E-state index contributed by atoms with van der Waals surface area (Å²) in [5, 5.41) is 3.86. The third kappa shape index (κ3) is 3.97. The summed E-state index contributed by atoms with van der Waals surface area (Å²) in [6.45, 7) is 9.51. The van der Waals surface area contributed by atoms with Crippen molar-refractivity contribution in [2.75, 3.05) is 13.1 Å². The van der Waals surface area contributed by atoms with Crippen LogP contribution >= 0.6 is 11.6 Å². The van der Waals surface area contributed by atoms with Gasteiger partial charge in [-0.05, 0) is 37.5 Å². The summed E-state index contributed by atoms with van der Waals surface area (Å²) < 4.78 is 13.6. The molecular formula is C17H26ClFN2. The third-order valence-corrected chi connectivity index (χ3v) is 5.04. The lowest BCUT2D eigenvalue weighted by Gasteiger charge is -2.48. The predicted octanol–water partition coefficient (Wildman–Crippen LogP) is 4.22. The number of hydrogen-bond donors (Lipinski definition) is 1. The van der Waals surface area contributed by atoms with Gasteiger partial charge in [-0.2, -0.15) is 0 Å². The van der Waals surface area contributed by atoms with E-state index < -0.39 is 0 Å². The second-order valence-corrected chi connectivity index (χ2v) is 6.75. The minimum Gasteiger partial charge on any atom is -0.311 e. The highest BCUT2D eigenvalue weighted by Crippen LogP contribution is 2.27. The fourth-order valence-corrected chi connectivity index (χ4v) is 3.15. The Hall–Kier alpha value is -0.640. The molecule has 1 aliphatic rings. The molecule has 2 rings (SSSR count). The molecule has 2 nitrogen and oxygen atoms in total. The first-order valence-electron chi connectivity index (χ1n) is 7.91. The van der Waals surface area contributed by atoms with E-state index in [4.69, 9.17) is 11.6 Å². The largest absolute Gasteiger partial charge is 0.311 e. The van der Waals surface area contributed by atoms with Gasteiger partial charge in [-0.25, -0.2) is 4.39 Å². The normalized spacial score (nSPS) is 27.0. The van der Waals surface area contributed by atoms with Crippen molar-refractivity contribution in [3.05, 3.63) is 34.6 Å². The molecule has 0 amide bonds. The van der Waals surface area contributed by atoms with Crippen LogP contribution in [0.2, 0.25) is 5.02 Å². The van der Waals surface area contributed by atoms with Crippen LogP contribution in [0.3, 0.4) is 0 Å². The monoisotopic (exact) mass is 312 g/mol. The summed E-state index contributed by atoms with van der Waals surface area (Å²) >= 11 is 5.77. The van der Waals surface area contributed by atoms with Crippen LogP contribution in [0.4, 0.5) is 4.39 Å². The van der Waals surface area contributed by atoms with E-state index >= 15 is 0 Å². The van der Waals surface area contributed by atoms with Crippen molar-refractivity contribution >= 4 is 11.6 Å². The van der Waals surface area contributed by atoms with Crippen molar-refractivity contribution in [1.29, 1.82) is 0 Å². The van der Waals surface area contributed by atoms with Crippen molar-refractivity contribution in [2.24, 2.45) is 0 Å². The molecule has 0 aliphatic carbocycles. The van der Waals surface area contributed by atoms with Gasteiger partial charge in [0.1, 0.15) is 5.82 Å². The summed E-state index contributed by atoms with van der Waals surface area (Å²) in [6.07, 6.45) is 3.45. The second kappa shape index (κ2) is 7.08.